The van der Waals surface area contributed by atoms with E-state index >= 15 is 0 Å². The van der Waals surface area contributed by atoms with Gasteiger partial charge in [0.25, 0.3) is 5.91 Å². The van der Waals surface area contributed by atoms with E-state index in [2.05, 4.69) is 24.1 Å². The third-order valence-electron chi connectivity index (χ3n) is 5.01. The maximum Gasteiger partial charge on any atom is 0.251 e. The molecule has 25 heavy (non-hydrogen) atoms. The van der Waals surface area contributed by atoms with Crippen molar-refractivity contribution in [1.82, 2.24) is 10.2 Å². The average Bonchev–Trinajstić information content (AvgIpc) is 2.95. The fraction of sp³-hybridized carbons (Fsp3) is 0.381. The van der Waals surface area contributed by atoms with Crippen LogP contribution in [0.1, 0.15) is 46.9 Å². The van der Waals surface area contributed by atoms with E-state index in [0.29, 0.717) is 12.0 Å². The highest BCUT2D eigenvalue weighted by molar-refractivity contribution is 5.94. The van der Waals surface area contributed by atoms with E-state index in [1.165, 1.54) is 5.56 Å². The lowest BCUT2D eigenvalue weighted by Gasteiger charge is -2.19. The number of hydrogen-bond donors (Lipinski definition) is 2. The Morgan fingerprint density at radius 1 is 1.12 bits per heavy atom. The number of benzene rings is 2. The van der Waals surface area contributed by atoms with Crippen LogP contribution in [0.25, 0.3) is 0 Å². The molecule has 0 bridgehead atoms. The highest BCUT2D eigenvalue weighted by Gasteiger charge is 2.31. The molecule has 0 unspecified atom stereocenters. The number of aliphatic hydroxyl groups is 1. The lowest BCUT2D eigenvalue weighted by molar-refractivity contribution is 0.0858. The summed E-state index contributed by atoms with van der Waals surface area (Å²) in [6, 6.07) is 15.3. The minimum Gasteiger partial charge on any atom is -0.390 e. The summed E-state index contributed by atoms with van der Waals surface area (Å²) in [7, 11) is 0. The van der Waals surface area contributed by atoms with Gasteiger partial charge in [0.2, 0.25) is 0 Å². The lowest BCUT2D eigenvalue weighted by atomic mass is 10.1. The number of aliphatic hydroxyl groups excluding tert-OH is 1. The first kappa shape index (κ1) is 17.6. The van der Waals surface area contributed by atoms with Gasteiger partial charge in [-0.3, -0.25) is 9.69 Å². The molecular formula is C21H26N2O2. The molecule has 2 atom stereocenters. The van der Waals surface area contributed by atoms with Crippen molar-refractivity contribution in [3.63, 3.8) is 0 Å². The van der Waals surface area contributed by atoms with Crippen molar-refractivity contribution >= 4 is 5.91 Å². The SMILES string of the molecule is CCN(CC)Cc1ccc(C(=O)N[C@H]2c3ccccc3C[C@H]2O)cc1. The molecule has 0 radical (unpaired) electrons. The second-order valence-electron chi connectivity index (χ2n) is 6.58. The number of amides is 1. The molecule has 2 aromatic rings. The fourth-order valence-corrected chi connectivity index (χ4v) is 3.44. The van der Waals surface area contributed by atoms with Crippen LogP contribution < -0.4 is 5.32 Å². The maximum absolute atomic E-state index is 12.6. The van der Waals surface area contributed by atoms with Crippen LogP contribution in [0.3, 0.4) is 0 Å². The molecule has 0 aliphatic heterocycles. The summed E-state index contributed by atoms with van der Waals surface area (Å²) in [5, 5.41) is 13.3. The highest BCUT2D eigenvalue weighted by Crippen LogP contribution is 2.31. The number of fused-ring (bicyclic) bond motifs is 1. The van der Waals surface area contributed by atoms with Crippen LogP contribution in [0.15, 0.2) is 48.5 Å². The number of nitrogens with one attached hydrogen (secondary N) is 1. The van der Waals surface area contributed by atoms with E-state index in [4.69, 9.17) is 0 Å². The van der Waals surface area contributed by atoms with E-state index in [0.717, 1.165) is 30.8 Å². The lowest BCUT2D eigenvalue weighted by Crippen LogP contribution is -2.33. The van der Waals surface area contributed by atoms with Crippen LogP contribution in [-0.2, 0) is 13.0 Å². The zero-order valence-corrected chi connectivity index (χ0v) is 14.9. The van der Waals surface area contributed by atoms with Crippen LogP contribution >= 0.6 is 0 Å². The number of nitrogens with zero attached hydrogens (tertiary/aromatic N) is 1. The van der Waals surface area contributed by atoms with E-state index in [1.807, 2.05) is 48.5 Å². The molecule has 4 heteroatoms. The second-order valence-corrected chi connectivity index (χ2v) is 6.58. The summed E-state index contributed by atoms with van der Waals surface area (Å²) in [4.78, 5) is 14.9. The van der Waals surface area contributed by atoms with E-state index < -0.39 is 6.10 Å². The Hall–Kier alpha value is -2.17. The van der Waals surface area contributed by atoms with E-state index in [1.54, 1.807) is 0 Å². The predicted molar refractivity (Wildman–Crippen MR) is 99.4 cm³/mol. The molecule has 3 rings (SSSR count). The van der Waals surface area contributed by atoms with Crippen molar-refractivity contribution in [3.05, 3.63) is 70.8 Å². The molecule has 2 N–H and O–H groups in total. The molecule has 1 aliphatic carbocycles. The van der Waals surface area contributed by atoms with Crippen molar-refractivity contribution in [1.29, 1.82) is 0 Å². The topological polar surface area (TPSA) is 52.6 Å². The first-order chi connectivity index (χ1) is 12.1. The van der Waals surface area contributed by atoms with Gasteiger partial charge in [-0.05, 0) is 41.9 Å². The van der Waals surface area contributed by atoms with Gasteiger partial charge >= 0.3 is 0 Å². The minimum atomic E-state index is -0.566. The van der Waals surface area contributed by atoms with Gasteiger partial charge in [0.15, 0.2) is 0 Å². The molecule has 0 fully saturated rings. The normalized spacial score (nSPS) is 19.0. The van der Waals surface area contributed by atoms with Crippen LogP contribution in [0.5, 0.6) is 0 Å². The average molecular weight is 338 g/mol. The Morgan fingerprint density at radius 3 is 2.48 bits per heavy atom. The molecule has 0 heterocycles. The van der Waals surface area contributed by atoms with Crippen LogP contribution in [0.4, 0.5) is 0 Å². The van der Waals surface area contributed by atoms with Crippen LogP contribution in [0, 0.1) is 0 Å². The molecule has 0 saturated heterocycles. The van der Waals surface area contributed by atoms with Crippen molar-refractivity contribution in [2.75, 3.05) is 13.1 Å². The fourth-order valence-electron chi connectivity index (χ4n) is 3.44. The number of rotatable bonds is 6. The van der Waals surface area contributed by atoms with Gasteiger partial charge in [-0.1, -0.05) is 50.2 Å². The summed E-state index contributed by atoms with van der Waals surface area (Å²) < 4.78 is 0. The Kier molecular flexibility index (Phi) is 5.51. The first-order valence-corrected chi connectivity index (χ1v) is 9.00. The number of carbonyl (C=O) groups excluding carboxylic acids is 1. The highest BCUT2D eigenvalue weighted by atomic mass is 16.3. The largest absolute Gasteiger partial charge is 0.390 e. The Labute approximate surface area is 149 Å². The number of carbonyl (C=O) groups is 1. The van der Waals surface area contributed by atoms with Gasteiger partial charge in [0, 0.05) is 18.5 Å². The summed E-state index contributed by atoms with van der Waals surface area (Å²) in [5.41, 5.74) is 3.95. The first-order valence-electron chi connectivity index (χ1n) is 9.00. The molecule has 2 aromatic carbocycles. The van der Waals surface area contributed by atoms with Crippen LogP contribution in [-0.4, -0.2) is 35.1 Å². The van der Waals surface area contributed by atoms with Gasteiger partial charge in [-0.2, -0.15) is 0 Å². The Balaban J connectivity index is 1.68. The molecule has 0 spiro atoms. The minimum absolute atomic E-state index is 0.143. The zero-order chi connectivity index (χ0) is 17.8. The zero-order valence-electron chi connectivity index (χ0n) is 14.9. The van der Waals surface area contributed by atoms with Gasteiger partial charge < -0.3 is 10.4 Å². The van der Waals surface area contributed by atoms with Gasteiger partial charge in [0.05, 0.1) is 12.1 Å². The maximum atomic E-state index is 12.6. The van der Waals surface area contributed by atoms with Crippen molar-refractivity contribution in [3.8, 4) is 0 Å². The van der Waals surface area contributed by atoms with Crippen molar-refractivity contribution in [2.45, 2.75) is 39.0 Å². The van der Waals surface area contributed by atoms with Gasteiger partial charge in [-0.15, -0.1) is 0 Å². The van der Waals surface area contributed by atoms with E-state index in [-0.39, 0.29) is 11.9 Å². The van der Waals surface area contributed by atoms with E-state index in [9.17, 15) is 9.90 Å². The number of hydrogen-bond acceptors (Lipinski definition) is 3. The monoisotopic (exact) mass is 338 g/mol. The van der Waals surface area contributed by atoms with Gasteiger partial charge in [-0.25, -0.2) is 0 Å². The summed E-state index contributed by atoms with van der Waals surface area (Å²) in [6.07, 6.45) is 0.0208. The molecule has 132 valence electrons. The molecule has 0 aromatic heterocycles. The van der Waals surface area contributed by atoms with Crippen molar-refractivity contribution < 1.29 is 9.90 Å². The smallest absolute Gasteiger partial charge is 0.251 e. The van der Waals surface area contributed by atoms with Crippen LogP contribution in [0.2, 0.25) is 0 Å². The molecular weight excluding hydrogens is 312 g/mol. The van der Waals surface area contributed by atoms with Gasteiger partial charge in [0.1, 0.15) is 0 Å². The third kappa shape index (κ3) is 3.91. The molecule has 4 nitrogen and oxygen atoms in total. The second kappa shape index (κ2) is 7.81. The quantitative estimate of drug-likeness (QED) is 0.851. The summed E-state index contributed by atoms with van der Waals surface area (Å²) in [5.74, 6) is -0.143. The molecule has 1 amide bonds. The van der Waals surface area contributed by atoms with Crippen molar-refractivity contribution in [2.24, 2.45) is 0 Å². The molecule has 0 saturated carbocycles. The Morgan fingerprint density at radius 2 is 1.80 bits per heavy atom. The third-order valence-corrected chi connectivity index (χ3v) is 5.01. The molecule has 1 aliphatic rings. The predicted octanol–water partition coefficient (Wildman–Crippen LogP) is 2.92. The Bertz CT molecular complexity index is 723. The summed E-state index contributed by atoms with van der Waals surface area (Å²) in [6.45, 7) is 7.21. The summed E-state index contributed by atoms with van der Waals surface area (Å²) >= 11 is 0. The standard InChI is InChI=1S/C21H26N2O2/c1-3-23(4-2)14-15-9-11-16(12-10-15)21(25)22-20-18-8-6-5-7-17(18)13-19(20)24/h5-12,19-20,24H,3-4,13-14H2,1-2H3,(H,22,25)/t19-,20+/m1/s1.